The minimum atomic E-state index is -0.190. The van der Waals surface area contributed by atoms with Crippen LogP contribution in [0, 0.1) is 5.92 Å². The summed E-state index contributed by atoms with van der Waals surface area (Å²) in [7, 11) is 0. The minimum absolute atomic E-state index is 0.126. The molecule has 8 heteroatoms. The molecule has 2 aromatic heterocycles. The van der Waals surface area contributed by atoms with Gasteiger partial charge in [0.2, 0.25) is 0 Å². The normalized spacial score (nSPS) is 20.1. The molecule has 0 aromatic carbocycles. The molecule has 0 aliphatic heterocycles. The van der Waals surface area contributed by atoms with Crippen LogP contribution in [0.4, 0.5) is 0 Å². The van der Waals surface area contributed by atoms with Gasteiger partial charge in [0.1, 0.15) is 0 Å². The SMILES string of the molecule is CC(C)CNC(=O)c1cn(C2CCC(NC(=O)c3ccco3)CC2)nn1. The molecule has 140 valence electrons. The Labute approximate surface area is 152 Å². The highest BCUT2D eigenvalue weighted by atomic mass is 16.3. The van der Waals surface area contributed by atoms with Gasteiger partial charge in [0.15, 0.2) is 11.5 Å². The third-order valence-electron chi connectivity index (χ3n) is 4.56. The van der Waals surface area contributed by atoms with Crippen LogP contribution in [0.3, 0.4) is 0 Å². The number of amides is 2. The van der Waals surface area contributed by atoms with Gasteiger partial charge in [-0.3, -0.25) is 9.59 Å². The predicted molar refractivity (Wildman–Crippen MR) is 94.7 cm³/mol. The molecule has 1 fully saturated rings. The minimum Gasteiger partial charge on any atom is -0.459 e. The van der Waals surface area contributed by atoms with Gasteiger partial charge in [-0.25, -0.2) is 4.68 Å². The number of carbonyl (C=O) groups is 2. The Kier molecular flexibility index (Phi) is 5.70. The van der Waals surface area contributed by atoms with Crippen molar-refractivity contribution in [3.63, 3.8) is 0 Å². The highest BCUT2D eigenvalue weighted by molar-refractivity contribution is 5.92. The Morgan fingerprint density at radius 1 is 1.27 bits per heavy atom. The van der Waals surface area contributed by atoms with E-state index in [1.807, 2.05) is 13.8 Å². The molecule has 0 bridgehead atoms. The second-order valence-corrected chi connectivity index (χ2v) is 7.14. The lowest BCUT2D eigenvalue weighted by molar-refractivity contribution is 0.0892. The lowest BCUT2D eigenvalue weighted by Gasteiger charge is -2.28. The number of hydrogen-bond acceptors (Lipinski definition) is 5. The molecule has 0 spiro atoms. The van der Waals surface area contributed by atoms with E-state index in [0.29, 0.717) is 23.9 Å². The number of nitrogens with zero attached hydrogens (tertiary/aromatic N) is 3. The van der Waals surface area contributed by atoms with Crippen molar-refractivity contribution in [1.82, 2.24) is 25.6 Å². The van der Waals surface area contributed by atoms with Crippen LogP contribution in [-0.2, 0) is 0 Å². The molecule has 0 radical (unpaired) electrons. The van der Waals surface area contributed by atoms with Gasteiger partial charge < -0.3 is 15.1 Å². The molecule has 0 atom stereocenters. The molecule has 0 unspecified atom stereocenters. The molecule has 2 aromatic rings. The van der Waals surface area contributed by atoms with Gasteiger partial charge in [0.25, 0.3) is 11.8 Å². The number of aromatic nitrogens is 3. The monoisotopic (exact) mass is 359 g/mol. The highest BCUT2D eigenvalue weighted by Crippen LogP contribution is 2.28. The number of hydrogen-bond donors (Lipinski definition) is 2. The zero-order valence-corrected chi connectivity index (χ0v) is 15.1. The van der Waals surface area contributed by atoms with E-state index in [2.05, 4.69) is 20.9 Å². The Hall–Kier alpha value is -2.64. The van der Waals surface area contributed by atoms with Crippen molar-refractivity contribution in [2.24, 2.45) is 5.92 Å². The van der Waals surface area contributed by atoms with Crippen LogP contribution in [-0.4, -0.2) is 39.4 Å². The van der Waals surface area contributed by atoms with E-state index in [9.17, 15) is 9.59 Å². The van der Waals surface area contributed by atoms with Gasteiger partial charge in [-0.1, -0.05) is 19.1 Å². The third-order valence-corrected chi connectivity index (χ3v) is 4.56. The smallest absolute Gasteiger partial charge is 0.287 e. The maximum atomic E-state index is 12.0. The van der Waals surface area contributed by atoms with Gasteiger partial charge in [-0.05, 0) is 43.7 Å². The second kappa shape index (κ2) is 8.16. The molecule has 0 saturated heterocycles. The summed E-state index contributed by atoms with van der Waals surface area (Å²) in [6.07, 6.45) is 6.66. The summed E-state index contributed by atoms with van der Waals surface area (Å²) >= 11 is 0. The number of carbonyl (C=O) groups excluding carboxylic acids is 2. The molecule has 1 aliphatic carbocycles. The first-order chi connectivity index (χ1) is 12.5. The third kappa shape index (κ3) is 4.50. The number of nitrogens with one attached hydrogen (secondary N) is 2. The van der Waals surface area contributed by atoms with E-state index in [1.165, 1.54) is 6.26 Å². The fourth-order valence-corrected chi connectivity index (χ4v) is 3.10. The zero-order valence-electron chi connectivity index (χ0n) is 15.1. The number of furan rings is 1. The standard InChI is InChI=1S/C18H25N5O3/c1-12(2)10-19-17(24)15-11-23(22-21-15)14-7-5-13(6-8-14)20-18(25)16-4-3-9-26-16/h3-4,9,11-14H,5-8,10H2,1-2H3,(H,19,24)(H,20,25). The molecule has 8 nitrogen and oxygen atoms in total. The van der Waals surface area contributed by atoms with Gasteiger partial charge in [0.05, 0.1) is 18.5 Å². The van der Waals surface area contributed by atoms with E-state index in [4.69, 9.17) is 4.42 Å². The van der Waals surface area contributed by atoms with Crippen molar-refractivity contribution in [2.75, 3.05) is 6.54 Å². The Balaban J connectivity index is 1.49. The lowest BCUT2D eigenvalue weighted by atomic mass is 9.91. The average molecular weight is 359 g/mol. The van der Waals surface area contributed by atoms with Crippen LogP contribution in [0.5, 0.6) is 0 Å². The average Bonchev–Trinajstić information content (AvgIpc) is 3.32. The summed E-state index contributed by atoms with van der Waals surface area (Å²) in [5.41, 5.74) is 0.346. The summed E-state index contributed by atoms with van der Waals surface area (Å²) in [5.74, 6) is 0.355. The molecule has 2 heterocycles. The van der Waals surface area contributed by atoms with Crippen molar-refractivity contribution in [3.05, 3.63) is 36.0 Å². The molecule has 3 rings (SSSR count). The topological polar surface area (TPSA) is 102 Å². The van der Waals surface area contributed by atoms with Crippen LogP contribution in [0.2, 0.25) is 0 Å². The van der Waals surface area contributed by atoms with Crippen LogP contribution in [0.15, 0.2) is 29.0 Å². The van der Waals surface area contributed by atoms with E-state index in [1.54, 1.807) is 23.0 Å². The number of rotatable bonds is 6. The van der Waals surface area contributed by atoms with E-state index >= 15 is 0 Å². The van der Waals surface area contributed by atoms with E-state index in [-0.39, 0.29) is 23.9 Å². The zero-order chi connectivity index (χ0) is 18.5. The Morgan fingerprint density at radius 2 is 2.04 bits per heavy atom. The quantitative estimate of drug-likeness (QED) is 0.823. The van der Waals surface area contributed by atoms with Crippen LogP contribution in [0.25, 0.3) is 0 Å². The molecule has 26 heavy (non-hydrogen) atoms. The highest BCUT2D eigenvalue weighted by Gasteiger charge is 2.25. The Morgan fingerprint density at radius 3 is 2.69 bits per heavy atom. The van der Waals surface area contributed by atoms with E-state index < -0.39 is 0 Å². The van der Waals surface area contributed by atoms with Gasteiger partial charge in [-0.15, -0.1) is 5.10 Å². The Bertz CT molecular complexity index is 730. The summed E-state index contributed by atoms with van der Waals surface area (Å²) in [6.45, 7) is 4.70. The first-order valence-electron chi connectivity index (χ1n) is 9.07. The molecule has 1 saturated carbocycles. The van der Waals surface area contributed by atoms with Crippen LogP contribution >= 0.6 is 0 Å². The van der Waals surface area contributed by atoms with Gasteiger partial charge in [-0.2, -0.15) is 0 Å². The summed E-state index contributed by atoms with van der Waals surface area (Å²) in [5, 5.41) is 14.0. The summed E-state index contributed by atoms with van der Waals surface area (Å²) in [4.78, 5) is 24.1. The molecular formula is C18H25N5O3. The lowest BCUT2D eigenvalue weighted by Crippen LogP contribution is -2.37. The molecular weight excluding hydrogens is 334 g/mol. The van der Waals surface area contributed by atoms with Crippen molar-refractivity contribution < 1.29 is 14.0 Å². The second-order valence-electron chi connectivity index (χ2n) is 7.14. The maximum Gasteiger partial charge on any atom is 0.287 e. The van der Waals surface area contributed by atoms with Crippen LogP contribution in [0.1, 0.15) is 66.6 Å². The van der Waals surface area contributed by atoms with Gasteiger partial charge >= 0.3 is 0 Å². The fraction of sp³-hybridized carbons (Fsp3) is 0.556. The van der Waals surface area contributed by atoms with Crippen molar-refractivity contribution in [2.45, 2.75) is 51.6 Å². The van der Waals surface area contributed by atoms with Crippen LogP contribution < -0.4 is 10.6 Å². The first kappa shape index (κ1) is 18.2. The van der Waals surface area contributed by atoms with Crippen molar-refractivity contribution in [3.8, 4) is 0 Å². The molecule has 2 N–H and O–H groups in total. The first-order valence-corrected chi connectivity index (χ1v) is 9.07. The molecule has 2 amide bonds. The van der Waals surface area contributed by atoms with Crippen molar-refractivity contribution in [1.29, 1.82) is 0 Å². The summed E-state index contributed by atoms with van der Waals surface area (Å²) < 4.78 is 6.89. The molecule has 1 aliphatic rings. The van der Waals surface area contributed by atoms with Crippen molar-refractivity contribution >= 4 is 11.8 Å². The summed E-state index contributed by atoms with van der Waals surface area (Å²) in [6, 6.07) is 3.68. The largest absolute Gasteiger partial charge is 0.459 e. The fourth-order valence-electron chi connectivity index (χ4n) is 3.10. The van der Waals surface area contributed by atoms with E-state index in [0.717, 1.165) is 25.7 Å². The van der Waals surface area contributed by atoms with Gasteiger partial charge in [0, 0.05) is 12.6 Å². The predicted octanol–water partition coefficient (Wildman–Crippen LogP) is 2.17. The maximum absolute atomic E-state index is 12.0.